The summed E-state index contributed by atoms with van der Waals surface area (Å²) in [4.78, 5) is 10.2. The molecule has 58 valence electrons. The number of esters is 1. The third-order valence-electron chi connectivity index (χ3n) is 0.811. The third kappa shape index (κ3) is 5.31. The molecule has 0 aromatic heterocycles. The van der Waals surface area contributed by atoms with Crippen LogP contribution < -0.4 is 0 Å². The van der Waals surface area contributed by atoms with Crippen LogP contribution in [0.5, 0.6) is 0 Å². The van der Waals surface area contributed by atoms with Crippen molar-refractivity contribution in [3.8, 4) is 0 Å². The smallest absolute Gasteiger partial charge is 0.310 e. The van der Waals surface area contributed by atoms with Gasteiger partial charge in [-0.2, -0.15) is 0 Å². The van der Waals surface area contributed by atoms with Gasteiger partial charge in [0.1, 0.15) is 0 Å². The molecule has 1 heterocycles. The van der Waals surface area contributed by atoms with Gasteiger partial charge in [0.25, 0.3) is 0 Å². The van der Waals surface area contributed by atoms with Crippen molar-refractivity contribution < 1.29 is 14.3 Å². The van der Waals surface area contributed by atoms with Gasteiger partial charge in [-0.25, -0.2) is 0 Å². The number of ether oxygens (including phenoxy) is 2. The molecule has 0 N–H and O–H groups in total. The maximum Gasteiger partial charge on any atom is 0.310 e. The van der Waals surface area contributed by atoms with Crippen LogP contribution in [0.4, 0.5) is 0 Å². The molecular formula is C7H12O3. The lowest BCUT2D eigenvalue weighted by atomic mass is 10.3. The molecule has 1 aliphatic rings. The minimum Gasteiger partial charge on any atom is -0.435 e. The van der Waals surface area contributed by atoms with Gasteiger partial charge in [-0.3, -0.25) is 4.79 Å². The lowest BCUT2D eigenvalue weighted by Gasteiger charge is -1.99. The molecule has 0 unspecified atom stereocenters. The second-order valence-electron chi connectivity index (χ2n) is 1.81. The molecule has 0 aromatic rings. The van der Waals surface area contributed by atoms with Crippen LogP contribution in [-0.2, 0) is 14.3 Å². The summed E-state index contributed by atoms with van der Waals surface area (Å²) in [5.74, 6) is -0.123. The number of methoxy groups -OCH3 is 1. The first kappa shape index (κ1) is 9.17. The molecule has 3 heteroatoms. The first-order valence-electron chi connectivity index (χ1n) is 3.06. The molecule has 3 nitrogen and oxygen atoms in total. The van der Waals surface area contributed by atoms with Crippen LogP contribution in [-0.4, -0.2) is 20.2 Å². The second-order valence-corrected chi connectivity index (χ2v) is 1.81. The van der Waals surface area contributed by atoms with Crippen molar-refractivity contribution in [1.29, 1.82) is 0 Å². The van der Waals surface area contributed by atoms with Crippen LogP contribution in [0.1, 0.15) is 12.8 Å². The summed E-state index contributed by atoms with van der Waals surface area (Å²) in [5, 5.41) is 0. The van der Waals surface area contributed by atoms with E-state index in [-0.39, 0.29) is 5.97 Å². The number of carbonyl (C=O) groups excluding carboxylic acids is 1. The minimum atomic E-state index is -0.123. The lowest BCUT2D eigenvalue weighted by molar-refractivity contribution is -0.138. The van der Waals surface area contributed by atoms with Gasteiger partial charge >= 0.3 is 5.97 Å². The molecule has 10 heavy (non-hydrogen) atoms. The van der Waals surface area contributed by atoms with Gasteiger partial charge in [-0.1, -0.05) is 0 Å². The molecule has 1 aliphatic heterocycles. The molecule has 0 saturated carbocycles. The number of hydrogen-bond donors (Lipinski definition) is 0. The molecule has 0 aromatic carbocycles. The summed E-state index contributed by atoms with van der Waals surface area (Å²) in [6, 6.07) is 0. The highest BCUT2D eigenvalue weighted by Gasteiger charge is 2.01. The fourth-order valence-electron chi connectivity index (χ4n) is 0.452. The van der Waals surface area contributed by atoms with Gasteiger partial charge < -0.3 is 9.47 Å². The number of rotatable bonds is 0. The summed E-state index contributed by atoms with van der Waals surface area (Å²) < 4.78 is 8.71. The van der Waals surface area contributed by atoms with Crippen LogP contribution in [0.2, 0.25) is 0 Å². The van der Waals surface area contributed by atoms with E-state index < -0.39 is 0 Å². The summed E-state index contributed by atoms with van der Waals surface area (Å²) >= 11 is 0. The van der Waals surface area contributed by atoms with Crippen molar-refractivity contribution in [3.63, 3.8) is 0 Å². The highest BCUT2D eigenvalue weighted by Crippen LogP contribution is 2.00. The molecule has 0 aliphatic carbocycles. The summed E-state index contributed by atoms with van der Waals surface area (Å²) in [7, 11) is 3.25. The first-order valence-corrected chi connectivity index (χ1v) is 3.06. The standard InChI is InChI=1S/C5H6O2.C2H6O/c6-5-3-1-2-4-7-5;1-3-2/h2,4H,1,3H2;1-2H3. The van der Waals surface area contributed by atoms with Gasteiger partial charge in [0, 0.05) is 20.6 Å². The van der Waals surface area contributed by atoms with E-state index in [9.17, 15) is 4.79 Å². The Labute approximate surface area is 60.6 Å². The largest absolute Gasteiger partial charge is 0.435 e. The van der Waals surface area contributed by atoms with E-state index in [1.54, 1.807) is 14.2 Å². The average Bonchev–Trinajstić information content (AvgIpc) is 1.91. The van der Waals surface area contributed by atoms with Crippen LogP contribution in [0.15, 0.2) is 12.3 Å². The Bertz CT molecular complexity index is 118. The van der Waals surface area contributed by atoms with Gasteiger partial charge in [0.15, 0.2) is 0 Å². The second kappa shape index (κ2) is 6.29. The summed E-state index contributed by atoms with van der Waals surface area (Å²) in [5.41, 5.74) is 0. The Kier molecular flexibility index (Phi) is 5.77. The van der Waals surface area contributed by atoms with Gasteiger partial charge in [-0.15, -0.1) is 0 Å². The predicted octanol–water partition coefficient (Wildman–Crippen LogP) is 1.10. The summed E-state index contributed by atoms with van der Waals surface area (Å²) in [6.45, 7) is 0. The van der Waals surface area contributed by atoms with E-state index in [4.69, 9.17) is 0 Å². The van der Waals surface area contributed by atoms with E-state index in [0.717, 1.165) is 6.42 Å². The van der Waals surface area contributed by atoms with Crippen LogP contribution in [0.25, 0.3) is 0 Å². The van der Waals surface area contributed by atoms with Crippen molar-refractivity contribution in [3.05, 3.63) is 12.3 Å². The molecule has 0 saturated heterocycles. The number of carbonyl (C=O) groups is 1. The van der Waals surface area contributed by atoms with E-state index in [2.05, 4.69) is 9.47 Å². The van der Waals surface area contributed by atoms with Crippen LogP contribution in [0.3, 0.4) is 0 Å². The Morgan fingerprint density at radius 1 is 1.60 bits per heavy atom. The van der Waals surface area contributed by atoms with E-state index >= 15 is 0 Å². The highest BCUT2D eigenvalue weighted by atomic mass is 16.5. The zero-order valence-electron chi connectivity index (χ0n) is 6.29. The fraction of sp³-hybridized carbons (Fsp3) is 0.571. The Morgan fingerprint density at radius 3 is 2.40 bits per heavy atom. The first-order chi connectivity index (χ1) is 4.81. The van der Waals surface area contributed by atoms with Crippen molar-refractivity contribution in [2.45, 2.75) is 12.8 Å². The van der Waals surface area contributed by atoms with Gasteiger partial charge in [0.05, 0.1) is 6.26 Å². The van der Waals surface area contributed by atoms with Crippen molar-refractivity contribution in [2.24, 2.45) is 0 Å². The zero-order chi connectivity index (χ0) is 7.82. The third-order valence-corrected chi connectivity index (χ3v) is 0.811. The summed E-state index contributed by atoms with van der Waals surface area (Å²) in [6.07, 6.45) is 4.64. The van der Waals surface area contributed by atoms with Crippen LogP contribution >= 0.6 is 0 Å². The SMILES string of the molecule is COC.O=C1CCC=CO1. The Balaban J connectivity index is 0.000000236. The molecule has 0 fully saturated rings. The number of cyclic esters (lactones) is 1. The maximum absolute atomic E-state index is 10.2. The lowest BCUT2D eigenvalue weighted by Crippen LogP contribution is -2.01. The van der Waals surface area contributed by atoms with E-state index in [1.165, 1.54) is 6.26 Å². The topological polar surface area (TPSA) is 35.5 Å². The highest BCUT2D eigenvalue weighted by molar-refractivity contribution is 5.70. The van der Waals surface area contributed by atoms with Crippen molar-refractivity contribution in [2.75, 3.05) is 14.2 Å². The van der Waals surface area contributed by atoms with Gasteiger partial charge in [0.2, 0.25) is 0 Å². The maximum atomic E-state index is 10.2. The molecule has 0 atom stereocenters. The van der Waals surface area contributed by atoms with Crippen molar-refractivity contribution in [1.82, 2.24) is 0 Å². The molecule has 1 rings (SSSR count). The van der Waals surface area contributed by atoms with E-state index in [1.807, 2.05) is 6.08 Å². The quantitative estimate of drug-likeness (QED) is 0.477. The Hall–Kier alpha value is -0.830. The van der Waals surface area contributed by atoms with Crippen molar-refractivity contribution >= 4 is 5.97 Å². The average molecular weight is 144 g/mol. The predicted molar refractivity (Wildman–Crippen MR) is 37.4 cm³/mol. The van der Waals surface area contributed by atoms with Crippen LogP contribution in [0, 0.1) is 0 Å². The molecule has 0 amide bonds. The van der Waals surface area contributed by atoms with Gasteiger partial charge in [-0.05, 0) is 12.5 Å². The van der Waals surface area contributed by atoms with E-state index in [0.29, 0.717) is 6.42 Å². The molecule has 0 spiro atoms. The molecule has 0 radical (unpaired) electrons. The monoisotopic (exact) mass is 144 g/mol. The zero-order valence-corrected chi connectivity index (χ0v) is 6.29. The number of allylic oxidation sites excluding steroid dienone is 1. The molecular weight excluding hydrogens is 132 g/mol. The normalized spacial score (nSPS) is 15.2. The minimum absolute atomic E-state index is 0.123. The Morgan fingerprint density at radius 2 is 2.20 bits per heavy atom. The fourth-order valence-corrected chi connectivity index (χ4v) is 0.452. The number of hydrogen-bond acceptors (Lipinski definition) is 3. The molecule has 0 bridgehead atoms.